The normalized spacial score (nSPS) is 23.4. The molecule has 88 valence electrons. The third kappa shape index (κ3) is 3.27. The summed E-state index contributed by atoms with van der Waals surface area (Å²) in [7, 11) is 1.94. The highest BCUT2D eigenvalue weighted by Gasteiger charge is 2.12. The predicted molar refractivity (Wildman–Crippen MR) is 68.9 cm³/mol. The molecule has 2 heterocycles. The van der Waals surface area contributed by atoms with Gasteiger partial charge in [0.1, 0.15) is 0 Å². The summed E-state index contributed by atoms with van der Waals surface area (Å²) >= 11 is 1.82. The highest BCUT2D eigenvalue weighted by Crippen LogP contribution is 2.13. The fourth-order valence-corrected chi connectivity index (χ4v) is 2.75. The highest BCUT2D eigenvalue weighted by molar-refractivity contribution is 8.13. The molecule has 0 aromatic carbocycles. The van der Waals surface area contributed by atoms with Crippen LogP contribution in [0.5, 0.6) is 0 Å². The van der Waals surface area contributed by atoms with Crippen LogP contribution < -0.4 is 5.32 Å². The van der Waals surface area contributed by atoms with Gasteiger partial charge in [-0.15, -0.1) is 0 Å². The van der Waals surface area contributed by atoms with E-state index in [2.05, 4.69) is 22.3 Å². The first-order valence-electron chi connectivity index (χ1n) is 5.66. The number of nitrogens with zero attached hydrogens (tertiary/aromatic N) is 3. The van der Waals surface area contributed by atoms with Gasteiger partial charge in [-0.2, -0.15) is 5.10 Å². The summed E-state index contributed by atoms with van der Waals surface area (Å²) in [6, 6.07) is 2.61. The second-order valence-corrected chi connectivity index (χ2v) is 5.18. The van der Waals surface area contributed by atoms with Crippen LogP contribution in [-0.4, -0.2) is 33.3 Å². The van der Waals surface area contributed by atoms with Gasteiger partial charge in [-0.05, 0) is 19.4 Å². The number of aliphatic imine (C=N–C) groups is 1. The monoisotopic (exact) mass is 238 g/mol. The Bertz CT molecular complexity index is 372. The standard InChI is InChI=1S/C11H18N4S/c1-9-5-8-16-11(13-9)12-6-3-10-4-7-15(2)14-10/h4,7,9H,3,5-6,8H2,1-2H3,(H,12,13). The van der Waals surface area contributed by atoms with Crippen molar-refractivity contribution in [1.29, 1.82) is 0 Å². The van der Waals surface area contributed by atoms with Crippen LogP contribution in [0, 0.1) is 0 Å². The Balaban J connectivity index is 1.80. The second kappa shape index (κ2) is 5.39. The Morgan fingerprint density at radius 3 is 3.25 bits per heavy atom. The van der Waals surface area contributed by atoms with Crippen molar-refractivity contribution in [2.24, 2.45) is 12.0 Å². The number of thioether (sulfide) groups is 1. The van der Waals surface area contributed by atoms with Crippen LogP contribution in [0.25, 0.3) is 0 Å². The van der Waals surface area contributed by atoms with E-state index in [0.29, 0.717) is 6.04 Å². The molecule has 1 aromatic rings. The molecule has 0 amide bonds. The zero-order chi connectivity index (χ0) is 11.4. The highest BCUT2D eigenvalue weighted by atomic mass is 32.2. The molecule has 0 spiro atoms. The molecular weight excluding hydrogens is 220 g/mol. The fraction of sp³-hybridized carbons (Fsp3) is 0.636. The Kier molecular flexibility index (Phi) is 3.88. The first kappa shape index (κ1) is 11.5. The van der Waals surface area contributed by atoms with Gasteiger partial charge in [0, 0.05) is 38.0 Å². The van der Waals surface area contributed by atoms with Gasteiger partial charge in [0.05, 0.1) is 5.69 Å². The summed E-state index contributed by atoms with van der Waals surface area (Å²) in [4.78, 5) is 4.56. The van der Waals surface area contributed by atoms with Crippen LogP contribution in [0.4, 0.5) is 0 Å². The quantitative estimate of drug-likeness (QED) is 0.866. The number of amidine groups is 1. The van der Waals surface area contributed by atoms with Crippen molar-refractivity contribution in [3.05, 3.63) is 18.0 Å². The molecule has 1 N–H and O–H groups in total. The minimum absolute atomic E-state index is 0.565. The average molecular weight is 238 g/mol. The molecule has 1 aromatic heterocycles. The smallest absolute Gasteiger partial charge is 0.156 e. The number of aryl methyl sites for hydroxylation is 1. The minimum Gasteiger partial charge on any atom is -0.362 e. The van der Waals surface area contributed by atoms with Crippen molar-refractivity contribution in [2.45, 2.75) is 25.8 Å². The third-order valence-corrected chi connectivity index (χ3v) is 3.51. The van der Waals surface area contributed by atoms with Crippen LogP contribution in [0.2, 0.25) is 0 Å². The van der Waals surface area contributed by atoms with Gasteiger partial charge in [0.15, 0.2) is 5.17 Å². The maximum atomic E-state index is 4.56. The van der Waals surface area contributed by atoms with Gasteiger partial charge >= 0.3 is 0 Å². The van der Waals surface area contributed by atoms with Crippen molar-refractivity contribution in [2.75, 3.05) is 12.3 Å². The summed E-state index contributed by atoms with van der Waals surface area (Å²) in [5.41, 5.74) is 1.11. The van der Waals surface area contributed by atoms with E-state index < -0.39 is 0 Å². The second-order valence-electron chi connectivity index (χ2n) is 4.10. The molecule has 1 fully saturated rings. The number of rotatable bonds is 3. The van der Waals surface area contributed by atoms with Gasteiger partial charge in [-0.25, -0.2) is 0 Å². The Morgan fingerprint density at radius 1 is 1.69 bits per heavy atom. The van der Waals surface area contributed by atoms with Crippen molar-refractivity contribution in [3.8, 4) is 0 Å². The number of nitrogens with one attached hydrogen (secondary N) is 1. The van der Waals surface area contributed by atoms with Gasteiger partial charge in [0.2, 0.25) is 0 Å². The average Bonchev–Trinajstić information content (AvgIpc) is 2.64. The van der Waals surface area contributed by atoms with E-state index in [1.165, 1.54) is 12.2 Å². The van der Waals surface area contributed by atoms with E-state index in [1.54, 1.807) is 0 Å². The Morgan fingerprint density at radius 2 is 2.56 bits per heavy atom. The van der Waals surface area contributed by atoms with E-state index in [-0.39, 0.29) is 0 Å². The van der Waals surface area contributed by atoms with Crippen LogP contribution in [0.1, 0.15) is 19.0 Å². The van der Waals surface area contributed by atoms with Crippen LogP contribution in [-0.2, 0) is 13.5 Å². The van der Waals surface area contributed by atoms with E-state index in [0.717, 1.165) is 23.8 Å². The van der Waals surface area contributed by atoms with E-state index >= 15 is 0 Å². The summed E-state index contributed by atoms with van der Waals surface area (Å²) in [6.07, 6.45) is 4.11. The van der Waals surface area contributed by atoms with Crippen molar-refractivity contribution in [3.63, 3.8) is 0 Å². The van der Waals surface area contributed by atoms with Crippen molar-refractivity contribution < 1.29 is 0 Å². The summed E-state index contributed by atoms with van der Waals surface area (Å²) in [5.74, 6) is 1.18. The van der Waals surface area contributed by atoms with Crippen molar-refractivity contribution in [1.82, 2.24) is 15.1 Å². The molecule has 5 heteroatoms. The van der Waals surface area contributed by atoms with Crippen LogP contribution >= 0.6 is 11.8 Å². The Hall–Kier alpha value is -0.970. The topological polar surface area (TPSA) is 42.2 Å². The molecule has 1 aliphatic rings. The zero-order valence-electron chi connectivity index (χ0n) is 9.81. The summed E-state index contributed by atoms with van der Waals surface area (Å²) in [6.45, 7) is 3.02. The van der Waals surface area contributed by atoms with Crippen molar-refractivity contribution >= 4 is 16.9 Å². The largest absolute Gasteiger partial charge is 0.362 e. The van der Waals surface area contributed by atoms with Gasteiger partial charge in [-0.1, -0.05) is 11.8 Å². The lowest BCUT2D eigenvalue weighted by Crippen LogP contribution is -2.35. The molecule has 1 saturated heterocycles. The zero-order valence-corrected chi connectivity index (χ0v) is 10.6. The molecule has 1 unspecified atom stereocenters. The molecule has 0 radical (unpaired) electrons. The molecule has 1 atom stereocenters. The molecule has 16 heavy (non-hydrogen) atoms. The number of hydrogen-bond acceptors (Lipinski definition) is 3. The molecule has 4 nitrogen and oxygen atoms in total. The Labute approximate surface area is 101 Å². The first-order valence-corrected chi connectivity index (χ1v) is 6.65. The first-order chi connectivity index (χ1) is 7.74. The van der Waals surface area contributed by atoms with Crippen LogP contribution in [0.3, 0.4) is 0 Å². The third-order valence-electron chi connectivity index (χ3n) is 2.55. The summed E-state index contributed by atoms with van der Waals surface area (Å²) in [5, 5.41) is 8.82. The maximum absolute atomic E-state index is 4.56. The van der Waals surface area contributed by atoms with Gasteiger partial charge in [0.25, 0.3) is 0 Å². The van der Waals surface area contributed by atoms with E-state index in [1.807, 2.05) is 35.8 Å². The lowest BCUT2D eigenvalue weighted by molar-refractivity contribution is 0.642. The molecular formula is C11H18N4S. The van der Waals surface area contributed by atoms with Gasteiger partial charge < -0.3 is 5.32 Å². The molecule has 2 rings (SSSR count). The van der Waals surface area contributed by atoms with Gasteiger partial charge in [-0.3, -0.25) is 9.67 Å². The minimum atomic E-state index is 0.565. The van der Waals surface area contributed by atoms with E-state index in [9.17, 15) is 0 Å². The fourth-order valence-electron chi connectivity index (χ4n) is 1.62. The summed E-state index contributed by atoms with van der Waals surface area (Å²) < 4.78 is 1.83. The molecule has 1 aliphatic heterocycles. The molecule has 0 saturated carbocycles. The predicted octanol–water partition coefficient (Wildman–Crippen LogP) is 1.43. The molecule has 0 aliphatic carbocycles. The maximum Gasteiger partial charge on any atom is 0.156 e. The lowest BCUT2D eigenvalue weighted by atomic mass is 10.3. The number of hydrogen-bond donors (Lipinski definition) is 1. The molecule has 0 bridgehead atoms. The number of aromatic nitrogens is 2. The lowest BCUT2D eigenvalue weighted by Gasteiger charge is -2.21. The SMILES string of the molecule is CC1CCSC(=NCCc2ccn(C)n2)N1. The van der Waals surface area contributed by atoms with Crippen LogP contribution in [0.15, 0.2) is 17.3 Å². The van der Waals surface area contributed by atoms with E-state index in [4.69, 9.17) is 0 Å².